The number of nitrogens with zero attached hydrogens (tertiary/aromatic N) is 3. The Balaban J connectivity index is 1.93. The van der Waals surface area contributed by atoms with Gasteiger partial charge < -0.3 is 4.90 Å². The number of anilines is 2. The standard InChI is InChI=1S/C27H32N4O5/c1-5-7-13-29-22-12-10-20(31(35)36)15-19(22)16-27(23(29)8-6-2)24(32)28-26(34)30(25(27)33)21-11-9-17(3)14-18(21)4/h9-12,14-15,23H,5-8,13,16H2,1-4H3,(H,28,32,34)/t23-,27+/m0/s1. The molecule has 1 saturated heterocycles. The first-order valence-corrected chi connectivity index (χ1v) is 12.5. The van der Waals surface area contributed by atoms with E-state index in [4.69, 9.17) is 0 Å². The molecule has 2 aromatic carbocycles. The number of unbranched alkanes of at least 4 members (excludes halogenated alkanes) is 1. The highest BCUT2D eigenvalue weighted by Crippen LogP contribution is 2.47. The summed E-state index contributed by atoms with van der Waals surface area (Å²) in [5.41, 5.74) is 1.82. The fraction of sp³-hybridized carbons (Fsp3) is 0.444. The van der Waals surface area contributed by atoms with Crippen LogP contribution in [0.15, 0.2) is 36.4 Å². The zero-order valence-corrected chi connectivity index (χ0v) is 21.2. The Kier molecular flexibility index (Phi) is 6.84. The first kappa shape index (κ1) is 25.3. The largest absolute Gasteiger partial charge is 0.367 e. The van der Waals surface area contributed by atoms with Gasteiger partial charge in [0.2, 0.25) is 5.91 Å². The number of amides is 4. The van der Waals surface area contributed by atoms with E-state index in [1.165, 1.54) is 12.1 Å². The van der Waals surface area contributed by atoms with Crippen molar-refractivity contribution >= 4 is 34.9 Å². The minimum atomic E-state index is -1.60. The molecule has 1 fully saturated rings. The molecule has 2 aromatic rings. The number of hydrogen-bond donors (Lipinski definition) is 1. The zero-order valence-electron chi connectivity index (χ0n) is 21.2. The molecular weight excluding hydrogens is 460 g/mol. The summed E-state index contributed by atoms with van der Waals surface area (Å²) >= 11 is 0. The van der Waals surface area contributed by atoms with Crippen LogP contribution < -0.4 is 15.1 Å². The molecule has 190 valence electrons. The Morgan fingerprint density at radius 1 is 1.06 bits per heavy atom. The molecule has 9 heteroatoms. The highest BCUT2D eigenvalue weighted by Gasteiger charge is 2.62. The van der Waals surface area contributed by atoms with Crippen LogP contribution >= 0.6 is 0 Å². The maximum Gasteiger partial charge on any atom is 0.335 e. The summed E-state index contributed by atoms with van der Waals surface area (Å²) in [4.78, 5) is 55.3. The molecule has 0 radical (unpaired) electrons. The third kappa shape index (κ3) is 4.02. The second-order valence-electron chi connectivity index (χ2n) is 9.76. The van der Waals surface area contributed by atoms with E-state index in [2.05, 4.69) is 17.1 Å². The number of barbiturate groups is 1. The molecule has 2 heterocycles. The van der Waals surface area contributed by atoms with Crippen LogP contribution in [0.5, 0.6) is 0 Å². The summed E-state index contributed by atoms with van der Waals surface area (Å²) in [6, 6.07) is 8.79. The molecule has 36 heavy (non-hydrogen) atoms. The number of rotatable bonds is 7. The lowest BCUT2D eigenvalue weighted by atomic mass is 9.67. The quantitative estimate of drug-likeness (QED) is 0.337. The van der Waals surface area contributed by atoms with E-state index in [9.17, 15) is 24.5 Å². The van der Waals surface area contributed by atoms with Gasteiger partial charge >= 0.3 is 6.03 Å². The molecule has 0 aliphatic carbocycles. The van der Waals surface area contributed by atoms with Gasteiger partial charge in [-0.2, -0.15) is 0 Å². The van der Waals surface area contributed by atoms with E-state index in [1.807, 2.05) is 32.9 Å². The molecule has 2 aliphatic heterocycles. The monoisotopic (exact) mass is 492 g/mol. The Bertz CT molecular complexity index is 1240. The number of imide groups is 2. The summed E-state index contributed by atoms with van der Waals surface area (Å²) in [7, 11) is 0. The van der Waals surface area contributed by atoms with Gasteiger partial charge in [-0.25, -0.2) is 9.69 Å². The summed E-state index contributed by atoms with van der Waals surface area (Å²) < 4.78 is 0. The first-order valence-electron chi connectivity index (χ1n) is 12.5. The van der Waals surface area contributed by atoms with Crippen LogP contribution in [0.2, 0.25) is 0 Å². The molecule has 0 aromatic heterocycles. The van der Waals surface area contributed by atoms with Crippen molar-refractivity contribution in [3.05, 3.63) is 63.2 Å². The number of aryl methyl sites for hydroxylation is 2. The van der Waals surface area contributed by atoms with Crippen LogP contribution in [0.4, 0.5) is 21.9 Å². The molecule has 9 nitrogen and oxygen atoms in total. The molecule has 4 amide bonds. The van der Waals surface area contributed by atoms with Gasteiger partial charge in [-0.15, -0.1) is 0 Å². The van der Waals surface area contributed by atoms with Gasteiger partial charge in [0.05, 0.1) is 16.7 Å². The minimum absolute atomic E-state index is 0.0172. The second-order valence-corrected chi connectivity index (χ2v) is 9.76. The van der Waals surface area contributed by atoms with Gasteiger partial charge in [0.25, 0.3) is 11.6 Å². The number of non-ortho nitro benzene ring substituents is 1. The van der Waals surface area contributed by atoms with Crippen LogP contribution in [0.1, 0.15) is 56.2 Å². The van der Waals surface area contributed by atoms with Gasteiger partial charge in [-0.05, 0) is 49.9 Å². The van der Waals surface area contributed by atoms with Crippen LogP contribution in [-0.2, 0) is 16.0 Å². The van der Waals surface area contributed by atoms with Crippen molar-refractivity contribution in [2.24, 2.45) is 5.41 Å². The molecule has 4 rings (SSSR count). The Morgan fingerprint density at radius 2 is 1.78 bits per heavy atom. The van der Waals surface area contributed by atoms with E-state index >= 15 is 0 Å². The van der Waals surface area contributed by atoms with Crippen LogP contribution in [0.25, 0.3) is 0 Å². The number of hydrogen-bond acceptors (Lipinski definition) is 6. The first-order chi connectivity index (χ1) is 17.1. The number of urea groups is 1. The third-order valence-electron chi connectivity index (χ3n) is 7.32. The van der Waals surface area contributed by atoms with Gasteiger partial charge in [-0.3, -0.25) is 25.0 Å². The summed E-state index contributed by atoms with van der Waals surface area (Å²) in [5, 5.41) is 14.0. The van der Waals surface area contributed by atoms with Crippen LogP contribution in [0.3, 0.4) is 0 Å². The van der Waals surface area contributed by atoms with Crippen molar-refractivity contribution in [3.63, 3.8) is 0 Å². The molecular formula is C27H32N4O5. The van der Waals surface area contributed by atoms with Crippen molar-refractivity contribution < 1.29 is 19.3 Å². The fourth-order valence-electron chi connectivity index (χ4n) is 5.62. The highest BCUT2D eigenvalue weighted by atomic mass is 16.6. The molecule has 0 saturated carbocycles. The average molecular weight is 493 g/mol. The molecule has 0 bridgehead atoms. The van der Waals surface area contributed by atoms with E-state index < -0.39 is 34.2 Å². The van der Waals surface area contributed by atoms with E-state index in [1.54, 1.807) is 12.1 Å². The Morgan fingerprint density at radius 3 is 2.42 bits per heavy atom. The molecule has 2 aliphatic rings. The Labute approximate surface area is 210 Å². The smallest absolute Gasteiger partial charge is 0.335 e. The summed E-state index contributed by atoms with van der Waals surface area (Å²) in [5.74, 6) is -1.23. The number of benzene rings is 2. The van der Waals surface area contributed by atoms with Crippen molar-refractivity contribution in [3.8, 4) is 0 Å². The van der Waals surface area contributed by atoms with E-state index in [0.717, 1.165) is 41.0 Å². The van der Waals surface area contributed by atoms with Crippen LogP contribution in [-0.4, -0.2) is 35.4 Å². The number of nitro groups is 1. The molecule has 1 spiro atoms. The predicted molar refractivity (Wildman–Crippen MR) is 137 cm³/mol. The van der Waals surface area contributed by atoms with E-state index in [-0.39, 0.29) is 12.1 Å². The van der Waals surface area contributed by atoms with Gasteiger partial charge in [0.1, 0.15) is 0 Å². The Hall–Kier alpha value is -3.75. The normalized spacial score (nSPS) is 21.6. The number of nitrogens with one attached hydrogen (secondary N) is 1. The zero-order chi connectivity index (χ0) is 26.2. The minimum Gasteiger partial charge on any atom is -0.367 e. The predicted octanol–water partition coefficient (Wildman–Crippen LogP) is 4.81. The number of carbonyl (C=O) groups is 3. The maximum atomic E-state index is 14.4. The number of carbonyl (C=O) groups excluding carboxylic acids is 3. The van der Waals surface area contributed by atoms with Crippen molar-refractivity contribution in [1.82, 2.24) is 5.32 Å². The summed E-state index contributed by atoms with van der Waals surface area (Å²) in [6.07, 6.45) is 2.97. The highest BCUT2D eigenvalue weighted by molar-refractivity contribution is 6.31. The van der Waals surface area contributed by atoms with Gasteiger partial charge in [0.15, 0.2) is 5.41 Å². The average Bonchev–Trinajstić information content (AvgIpc) is 2.83. The number of nitro benzene ring substituents is 1. The molecule has 1 N–H and O–H groups in total. The van der Waals surface area contributed by atoms with Crippen molar-refractivity contribution in [2.75, 3.05) is 16.3 Å². The van der Waals surface area contributed by atoms with E-state index in [0.29, 0.717) is 24.2 Å². The van der Waals surface area contributed by atoms with Gasteiger partial charge in [0, 0.05) is 30.8 Å². The molecule has 2 atom stereocenters. The van der Waals surface area contributed by atoms with Crippen molar-refractivity contribution in [1.29, 1.82) is 0 Å². The SMILES string of the molecule is CCCCN1c2ccc([N+](=O)[O-])cc2C[C@]2(C(=O)NC(=O)N(c3ccc(C)cc3C)C2=O)[C@@H]1CCC. The third-order valence-corrected chi connectivity index (χ3v) is 7.32. The lowest BCUT2D eigenvalue weighted by Crippen LogP contribution is -2.72. The fourth-order valence-corrected chi connectivity index (χ4v) is 5.62. The second kappa shape index (κ2) is 9.72. The van der Waals surface area contributed by atoms with Crippen LogP contribution in [0, 0.1) is 29.4 Å². The lowest BCUT2D eigenvalue weighted by molar-refractivity contribution is -0.384. The number of fused-ring (bicyclic) bond motifs is 1. The lowest BCUT2D eigenvalue weighted by Gasteiger charge is -2.52. The summed E-state index contributed by atoms with van der Waals surface area (Å²) in [6.45, 7) is 8.39. The topological polar surface area (TPSA) is 113 Å². The van der Waals surface area contributed by atoms with Gasteiger partial charge in [-0.1, -0.05) is 44.4 Å². The maximum absolute atomic E-state index is 14.4. The molecule has 0 unspecified atom stereocenters. The van der Waals surface area contributed by atoms with Crippen molar-refractivity contribution in [2.45, 2.75) is 65.8 Å².